The van der Waals surface area contributed by atoms with Crippen LogP contribution in [-0.2, 0) is 13.1 Å². The van der Waals surface area contributed by atoms with E-state index in [-0.39, 0.29) is 18.3 Å². The Labute approximate surface area is 148 Å². The lowest BCUT2D eigenvalue weighted by atomic mass is 10.1. The van der Waals surface area contributed by atoms with Gasteiger partial charge in [0.25, 0.3) is 5.91 Å². The van der Waals surface area contributed by atoms with Gasteiger partial charge < -0.3 is 15.8 Å². The lowest BCUT2D eigenvalue weighted by molar-refractivity contribution is 0.0950. The second-order valence-corrected chi connectivity index (χ2v) is 5.95. The zero-order valence-electron chi connectivity index (χ0n) is 13.5. The van der Waals surface area contributed by atoms with Crippen LogP contribution in [0.3, 0.4) is 0 Å². The first-order valence-electron chi connectivity index (χ1n) is 8.04. The summed E-state index contributed by atoms with van der Waals surface area (Å²) < 4.78 is 5.86. The number of ether oxygens (including phenoxy) is 1. The van der Waals surface area contributed by atoms with E-state index in [1.807, 2.05) is 36.4 Å². The average Bonchev–Trinajstić information content (AvgIpc) is 3.43. The smallest absolute Gasteiger partial charge is 0.251 e. The molecule has 0 aromatic heterocycles. The van der Waals surface area contributed by atoms with Crippen molar-refractivity contribution in [1.82, 2.24) is 5.32 Å². The van der Waals surface area contributed by atoms with Crippen LogP contribution in [0.5, 0.6) is 5.75 Å². The van der Waals surface area contributed by atoms with Gasteiger partial charge in [-0.25, -0.2) is 0 Å². The summed E-state index contributed by atoms with van der Waals surface area (Å²) >= 11 is 0. The van der Waals surface area contributed by atoms with Crippen LogP contribution in [0.15, 0.2) is 48.5 Å². The first kappa shape index (κ1) is 18.3. The number of rotatable bonds is 7. The van der Waals surface area contributed by atoms with E-state index in [2.05, 4.69) is 5.32 Å². The summed E-state index contributed by atoms with van der Waals surface area (Å²) in [5, 5.41) is 2.95. The van der Waals surface area contributed by atoms with Crippen molar-refractivity contribution in [2.24, 2.45) is 11.7 Å². The maximum absolute atomic E-state index is 12.2. The van der Waals surface area contributed by atoms with Gasteiger partial charge in [-0.2, -0.15) is 0 Å². The number of nitrogens with two attached hydrogens (primary N) is 1. The third kappa shape index (κ3) is 4.98. The molecule has 128 valence electrons. The number of carbonyl (C=O) groups excluding carboxylic acids is 1. The molecular formula is C19H23ClN2O2. The van der Waals surface area contributed by atoms with E-state index in [9.17, 15) is 4.79 Å². The van der Waals surface area contributed by atoms with Crippen LogP contribution in [-0.4, -0.2) is 12.5 Å². The van der Waals surface area contributed by atoms with Crippen LogP contribution in [0.1, 0.15) is 34.3 Å². The van der Waals surface area contributed by atoms with Crippen molar-refractivity contribution in [2.45, 2.75) is 25.9 Å². The Morgan fingerprint density at radius 3 is 2.50 bits per heavy atom. The highest BCUT2D eigenvalue weighted by atomic mass is 35.5. The quantitative estimate of drug-likeness (QED) is 0.808. The second kappa shape index (κ2) is 8.71. The number of hydrogen-bond donors (Lipinski definition) is 2. The summed E-state index contributed by atoms with van der Waals surface area (Å²) in [6, 6.07) is 15.2. The van der Waals surface area contributed by atoms with Crippen LogP contribution in [0.4, 0.5) is 0 Å². The minimum atomic E-state index is -0.0921. The van der Waals surface area contributed by atoms with Crippen LogP contribution in [0, 0.1) is 5.92 Å². The van der Waals surface area contributed by atoms with Crippen molar-refractivity contribution in [2.75, 3.05) is 6.61 Å². The normalized spacial score (nSPS) is 13.0. The van der Waals surface area contributed by atoms with E-state index in [4.69, 9.17) is 10.5 Å². The van der Waals surface area contributed by atoms with Crippen molar-refractivity contribution in [3.05, 3.63) is 65.2 Å². The van der Waals surface area contributed by atoms with E-state index in [1.165, 1.54) is 12.8 Å². The number of amides is 1. The standard InChI is InChI=1S/C19H22N2O2.ClH/c20-11-14-7-9-16(10-8-14)19(22)21-12-17-3-1-2-4-18(17)23-13-15-5-6-15;/h1-4,7-10,15H,5-6,11-13,20H2,(H,21,22);1H. The minimum Gasteiger partial charge on any atom is -0.493 e. The first-order valence-corrected chi connectivity index (χ1v) is 8.04. The summed E-state index contributed by atoms with van der Waals surface area (Å²) in [4.78, 5) is 12.2. The third-order valence-corrected chi connectivity index (χ3v) is 4.04. The molecule has 2 aromatic carbocycles. The van der Waals surface area contributed by atoms with E-state index < -0.39 is 0 Å². The van der Waals surface area contributed by atoms with E-state index in [0.29, 0.717) is 24.6 Å². The molecule has 5 heteroatoms. The fourth-order valence-electron chi connectivity index (χ4n) is 2.35. The van der Waals surface area contributed by atoms with Gasteiger partial charge in [0.1, 0.15) is 5.75 Å². The highest BCUT2D eigenvalue weighted by molar-refractivity contribution is 5.94. The molecule has 0 radical (unpaired) electrons. The summed E-state index contributed by atoms with van der Waals surface area (Å²) in [6.45, 7) is 1.71. The topological polar surface area (TPSA) is 64.4 Å². The molecule has 1 saturated carbocycles. The van der Waals surface area contributed by atoms with E-state index in [0.717, 1.165) is 23.5 Å². The lowest BCUT2D eigenvalue weighted by Crippen LogP contribution is -2.23. The first-order chi connectivity index (χ1) is 11.3. The molecule has 1 amide bonds. The molecule has 0 bridgehead atoms. The number of halogens is 1. The Hall–Kier alpha value is -2.04. The Bertz CT molecular complexity index is 669. The van der Waals surface area contributed by atoms with Gasteiger partial charge in [-0.3, -0.25) is 4.79 Å². The van der Waals surface area contributed by atoms with Crippen LogP contribution in [0.25, 0.3) is 0 Å². The van der Waals surface area contributed by atoms with Gasteiger partial charge in [0.15, 0.2) is 0 Å². The number of nitrogens with one attached hydrogen (secondary N) is 1. The average molecular weight is 347 g/mol. The van der Waals surface area contributed by atoms with Gasteiger partial charge in [0.05, 0.1) is 6.61 Å². The fourth-order valence-corrected chi connectivity index (χ4v) is 2.35. The predicted octanol–water partition coefficient (Wildman–Crippen LogP) is 3.29. The Morgan fingerprint density at radius 2 is 1.83 bits per heavy atom. The number of para-hydroxylation sites is 1. The van der Waals surface area contributed by atoms with Crippen molar-refractivity contribution < 1.29 is 9.53 Å². The summed E-state index contributed by atoms with van der Waals surface area (Å²) in [5.74, 6) is 1.47. The summed E-state index contributed by atoms with van der Waals surface area (Å²) in [6.07, 6.45) is 2.52. The van der Waals surface area contributed by atoms with Crippen molar-refractivity contribution in [3.8, 4) is 5.75 Å². The largest absolute Gasteiger partial charge is 0.493 e. The van der Waals surface area contributed by atoms with Gasteiger partial charge in [0, 0.05) is 24.2 Å². The Balaban J connectivity index is 0.00000208. The lowest BCUT2D eigenvalue weighted by Gasteiger charge is -2.12. The van der Waals surface area contributed by atoms with Crippen molar-refractivity contribution >= 4 is 18.3 Å². The highest BCUT2D eigenvalue weighted by Crippen LogP contribution is 2.30. The molecule has 3 N–H and O–H groups in total. The molecule has 3 rings (SSSR count). The van der Waals surface area contributed by atoms with E-state index >= 15 is 0 Å². The molecule has 2 aromatic rings. The van der Waals surface area contributed by atoms with Crippen LogP contribution < -0.4 is 15.8 Å². The molecule has 0 saturated heterocycles. The van der Waals surface area contributed by atoms with Gasteiger partial charge in [-0.05, 0) is 42.5 Å². The molecule has 1 fully saturated rings. The molecule has 1 aliphatic rings. The summed E-state index contributed by atoms with van der Waals surface area (Å²) in [7, 11) is 0. The minimum absolute atomic E-state index is 0. The molecule has 0 aliphatic heterocycles. The Kier molecular flexibility index (Phi) is 6.64. The molecule has 0 atom stereocenters. The highest BCUT2D eigenvalue weighted by Gasteiger charge is 2.22. The maximum atomic E-state index is 12.2. The van der Waals surface area contributed by atoms with Crippen LogP contribution in [0.2, 0.25) is 0 Å². The van der Waals surface area contributed by atoms with Gasteiger partial charge >= 0.3 is 0 Å². The van der Waals surface area contributed by atoms with Gasteiger partial charge in [-0.1, -0.05) is 30.3 Å². The second-order valence-electron chi connectivity index (χ2n) is 5.95. The molecule has 24 heavy (non-hydrogen) atoms. The predicted molar refractivity (Wildman–Crippen MR) is 97.4 cm³/mol. The Morgan fingerprint density at radius 1 is 1.12 bits per heavy atom. The molecule has 0 spiro atoms. The monoisotopic (exact) mass is 346 g/mol. The van der Waals surface area contributed by atoms with E-state index in [1.54, 1.807) is 12.1 Å². The molecule has 1 aliphatic carbocycles. The number of hydrogen-bond acceptors (Lipinski definition) is 3. The zero-order valence-corrected chi connectivity index (χ0v) is 14.4. The fraction of sp³-hybridized carbons (Fsp3) is 0.316. The van der Waals surface area contributed by atoms with Gasteiger partial charge in [0.2, 0.25) is 0 Å². The molecule has 0 unspecified atom stereocenters. The molecular weight excluding hydrogens is 324 g/mol. The third-order valence-electron chi connectivity index (χ3n) is 4.04. The van der Waals surface area contributed by atoms with Gasteiger partial charge in [-0.15, -0.1) is 12.4 Å². The molecule has 4 nitrogen and oxygen atoms in total. The summed E-state index contributed by atoms with van der Waals surface area (Å²) in [5.41, 5.74) is 8.22. The van der Waals surface area contributed by atoms with Crippen LogP contribution >= 0.6 is 12.4 Å². The zero-order chi connectivity index (χ0) is 16.1. The maximum Gasteiger partial charge on any atom is 0.251 e. The van der Waals surface area contributed by atoms with Crippen molar-refractivity contribution in [3.63, 3.8) is 0 Å². The van der Waals surface area contributed by atoms with Crippen molar-refractivity contribution in [1.29, 1.82) is 0 Å². The number of carbonyl (C=O) groups is 1. The number of benzene rings is 2. The molecule has 0 heterocycles. The SMILES string of the molecule is Cl.NCc1ccc(C(=O)NCc2ccccc2OCC2CC2)cc1.